The zero-order valence-corrected chi connectivity index (χ0v) is 18.3. The quantitative estimate of drug-likeness (QED) is 0.575. The molecule has 7 nitrogen and oxygen atoms in total. The number of carbonyl (C=O) groups is 2. The minimum absolute atomic E-state index is 0.0443. The molecule has 0 unspecified atom stereocenters. The third-order valence-corrected chi connectivity index (χ3v) is 7.58. The number of carbonyl (C=O) groups excluding carboxylic acids is 2. The average Bonchev–Trinajstić information content (AvgIpc) is 3.41. The molecule has 0 spiro atoms. The number of benzene rings is 1. The molecule has 32 heavy (non-hydrogen) atoms. The van der Waals surface area contributed by atoms with Crippen molar-refractivity contribution in [3.8, 4) is 0 Å². The monoisotopic (exact) mass is 481 g/mol. The van der Waals surface area contributed by atoms with Crippen LogP contribution in [-0.4, -0.2) is 81.8 Å². The molecular weight excluding hydrogens is 463 g/mol. The maximum absolute atomic E-state index is 12.9. The van der Waals surface area contributed by atoms with Gasteiger partial charge >= 0.3 is 6.18 Å². The number of thiazole rings is 2. The molecule has 168 valence electrons. The molecule has 0 saturated carbocycles. The number of aromatic nitrogens is 2. The molecule has 0 radical (unpaired) electrons. The van der Waals surface area contributed by atoms with Crippen LogP contribution in [0.5, 0.6) is 0 Å². The van der Waals surface area contributed by atoms with Gasteiger partial charge < -0.3 is 9.80 Å². The summed E-state index contributed by atoms with van der Waals surface area (Å²) >= 11 is 1.88. The maximum Gasteiger partial charge on any atom is 0.443 e. The number of nitrogens with zero attached hydrogens (tertiary/aromatic N) is 5. The molecule has 2 saturated heterocycles. The molecule has 0 N–H and O–H groups in total. The number of alkyl halides is 3. The molecule has 2 fully saturated rings. The Labute approximate surface area is 189 Å². The third kappa shape index (κ3) is 3.97. The first-order valence-electron chi connectivity index (χ1n) is 9.99. The number of likely N-dealkylation sites (tertiary alicyclic amines) is 1. The fourth-order valence-electron chi connectivity index (χ4n) is 3.97. The smallest absolute Gasteiger partial charge is 0.335 e. The highest BCUT2D eigenvalue weighted by Crippen LogP contribution is 2.36. The number of rotatable bonds is 3. The number of fused-ring (bicyclic) bond motifs is 1. The molecule has 3 aromatic rings. The van der Waals surface area contributed by atoms with Crippen molar-refractivity contribution in [1.82, 2.24) is 24.7 Å². The summed E-state index contributed by atoms with van der Waals surface area (Å²) in [5.41, 5.74) is 0.609. The molecule has 12 heteroatoms. The van der Waals surface area contributed by atoms with Crippen LogP contribution in [-0.2, 0) is 6.18 Å². The van der Waals surface area contributed by atoms with Gasteiger partial charge in [-0.1, -0.05) is 0 Å². The van der Waals surface area contributed by atoms with E-state index in [-0.39, 0.29) is 23.4 Å². The van der Waals surface area contributed by atoms with Gasteiger partial charge in [-0.2, -0.15) is 13.2 Å². The van der Waals surface area contributed by atoms with Crippen LogP contribution < -0.4 is 0 Å². The van der Waals surface area contributed by atoms with E-state index in [9.17, 15) is 22.8 Å². The van der Waals surface area contributed by atoms with E-state index in [0.29, 0.717) is 52.8 Å². The molecule has 0 aliphatic carbocycles. The van der Waals surface area contributed by atoms with Gasteiger partial charge in [0.1, 0.15) is 0 Å². The third-order valence-electron chi connectivity index (χ3n) is 5.76. The predicted molar refractivity (Wildman–Crippen MR) is 114 cm³/mol. The highest BCUT2D eigenvalue weighted by Gasteiger charge is 2.38. The molecule has 2 aliphatic rings. The Morgan fingerprint density at radius 1 is 1.03 bits per heavy atom. The number of hydrogen-bond donors (Lipinski definition) is 0. The van der Waals surface area contributed by atoms with Gasteiger partial charge in [0.15, 0.2) is 10.0 Å². The Kier molecular flexibility index (Phi) is 5.38. The van der Waals surface area contributed by atoms with Crippen molar-refractivity contribution in [3.63, 3.8) is 0 Å². The Morgan fingerprint density at radius 3 is 2.44 bits per heavy atom. The van der Waals surface area contributed by atoms with E-state index in [1.54, 1.807) is 21.4 Å². The van der Waals surface area contributed by atoms with Gasteiger partial charge in [0.05, 0.1) is 10.2 Å². The maximum atomic E-state index is 12.9. The second-order valence-corrected chi connectivity index (χ2v) is 9.65. The van der Waals surface area contributed by atoms with Crippen LogP contribution in [0.15, 0.2) is 29.8 Å². The van der Waals surface area contributed by atoms with E-state index < -0.39 is 11.2 Å². The summed E-state index contributed by atoms with van der Waals surface area (Å²) in [7, 11) is 0. The second kappa shape index (κ2) is 8.09. The van der Waals surface area contributed by atoms with Crippen molar-refractivity contribution in [2.24, 2.45) is 0 Å². The minimum atomic E-state index is -4.49. The summed E-state index contributed by atoms with van der Waals surface area (Å²) in [5.74, 6) is -0.236. The van der Waals surface area contributed by atoms with E-state index in [1.165, 1.54) is 29.5 Å². The highest BCUT2D eigenvalue weighted by atomic mass is 32.1. The lowest BCUT2D eigenvalue weighted by atomic mass is 10.0. The van der Waals surface area contributed by atoms with E-state index in [1.807, 2.05) is 0 Å². The molecule has 0 bridgehead atoms. The number of hydrogen-bond acceptors (Lipinski definition) is 7. The number of amides is 2. The molecule has 2 amide bonds. The van der Waals surface area contributed by atoms with E-state index >= 15 is 0 Å². The lowest BCUT2D eigenvalue weighted by Gasteiger charge is -2.48. The molecule has 2 aromatic heterocycles. The van der Waals surface area contributed by atoms with Crippen LogP contribution in [0.3, 0.4) is 0 Å². The summed E-state index contributed by atoms with van der Waals surface area (Å²) in [4.78, 5) is 38.6. The largest absolute Gasteiger partial charge is 0.443 e. The van der Waals surface area contributed by atoms with E-state index in [0.717, 1.165) is 13.1 Å². The van der Waals surface area contributed by atoms with Gasteiger partial charge in [0, 0.05) is 62.5 Å². The van der Waals surface area contributed by atoms with Gasteiger partial charge in [0.2, 0.25) is 0 Å². The number of halogens is 3. The van der Waals surface area contributed by atoms with E-state index in [4.69, 9.17) is 0 Å². The summed E-state index contributed by atoms with van der Waals surface area (Å²) in [6, 6.07) is 4.70. The number of piperazine rings is 1. The Balaban J connectivity index is 1.16. The van der Waals surface area contributed by atoms with Gasteiger partial charge in [-0.25, -0.2) is 9.97 Å². The van der Waals surface area contributed by atoms with Crippen LogP contribution in [0.2, 0.25) is 0 Å². The van der Waals surface area contributed by atoms with Crippen molar-refractivity contribution < 1.29 is 22.8 Å². The summed E-state index contributed by atoms with van der Waals surface area (Å²) < 4.78 is 39.0. The fraction of sp³-hybridized carbons (Fsp3) is 0.400. The second-order valence-electron chi connectivity index (χ2n) is 7.73. The van der Waals surface area contributed by atoms with Crippen LogP contribution in [0.4, 0.5) is 13.2 Å². The molecule has 5 rings (SSSR count). The van der Waals surface area contributed by atoms with Gasteiger partial charge in [-0.05, 0) is 18.2 Å². The lowest BCUT2D eigenvalue weighted by Crippen LogP contribution is -2.64. The van der Waals surface area contributed by atoms with Crippen molar-refractivity contribution in [2.75, 3.05) is 39.3 Å². The van der Waals surface area contributed by atoms with Crippen molar-refractivity contribution >= 4 is 44.7 Å². The normalized spacial score (nSPS) is 18.2. The Bertz CT molecular complexity index is 1150. The first kappa shape index (κ1) is 21.3. The van der Waals surface area contributed by atoms with Gasteiger partial charge in [-0.15, -0.1) is 22.7 Å². The van der Waals surface area contributed by atoms with Gasteiger partial charge in [-0.3, -0.25) is 14.5 Å². The summed E-state index contributed by atoms with van der Waals surface area (Å²) in [5, 5.41) is 1.37. The molecule has 4 heterocycles. The Hall–Kier alpha value is -2.57. The van der Waals surface area contributed by atoms with E-state index in [2.05, 4.69) is 14.9 Å². The van der Waals surface area contributed by atoms with Crippen LogP contribution in [0, 0.1) is 0 Å². The fourth-order valence-corrected chi connectivity index (χ4v) is 5.44. The zero-order valence-electron chi connectivity index (χ0n) is 16.7. The lowest BCUT2D eigenvalue weighted by molar-refractivity contribution is -0.137. The zero-order chi connectivity index (χ0) is 22.5. The minimum Gasteiger partial charge on any atom is -0.335 e. The molecule has 2 aliphatic heterocycles. The topological polar surface area (TPSA) is 69.6 Å². The van der Waals surface area contributed by atoms with Crippen LogP contribution in [0.1, 0.15) is 25.2 Å². The summed E-state index contributed by atoms with van der Waals surface area (Å²) in [6.45, 7) is 3.83. The van der Waals surface area contributed by atoms with Crippen LogP contribution in [0.25, 0.3) is 10.2 Å². The SMILES string of the molecule is O=C(c1ccc2nc(C(F)(F)F)sc2c1)N1CC(N2CCN(C(=O)c3nccs3)CC2)C1. The van der Waals surface area contributed by atoms with Crippen molar-refractivity contribution in [3.05, 3.63) is 45.4 Å². The Morgan fingerprint density at radius 2 is 1.78 bits per heavy atom. The standard InChI is InChI=1S/C20H18F3N5O2S2/c21-20(22,23)19-25-14-2-1-12(9-15(14)32-19)17(29)28-10-13(11-28)26-4-6-27(7-5-26)18(30)16-24-3-8-31-16/h1-3,8-9,13H,4-7,10-11H2. The average molecular weight is 482 g/mol. The predicted octanol–water partition coefficient (Wildman–Crippen LogP) is 3.05. The van der Waals surface area contributed by atoms with Crippen molar-refractivity contribution in [2.45, 2.75) is 12.2 Å². The summed E-state index contributed by atoms with van der Waals surface area (Å²) in [6.07, 6.45) is -2.87. The first-order chi connectivity index (χ1) is 15.3. The molecule has 1 aromatic carbocycles. The van der Waals surface area contributed by atoms with Crippen LogP contribution >= 0.6 is 22.7 Å². The highest BCUT2D eigenvalue weighted by molar-refractivity contribution is 7.18. The van der Waals surface area contributed by atoms with Crippen molar-refractivity contribution in [1.29, 1.82) is 0 Å². The first-order valence-corrected chi connectivity index (χ1v) is 11.7. The van der Waals surface area contributed by atoms with Gasteiger partial charge in [0.25, 0.3) is 11.8 Å². The molecular formula is C20H18F3N5O2S2. The molecule has 0 atom stereocenters.